The summed E-state index contributed by atoms with van der Waals surface area (Å²) >= 11 is 0. The minimum Gasteiger partial charge on any atom is -0.483 e. The molecule has 3 aromatic rings. The Morgan fingerprint density at radius 2 is 2.00 bits per heavy atom. The second kappa shape index (κ2) is 8.40. The Bertz CT molecular complexity index is 974. The molecule has 2 aromatic heterocycles. The molecule has 1 N–H and O–H groups in total. The van der Waals surface area contributed by atoms with Gasteiger partial charge in [-0.3, -0.25) is 9.59 Å². The van der Waals surface area contributed by atoms with Gasteiger partial charge >= 0.3 is 0 Å². The highest BCUT2D eigenvalue weighted by molar-refractivity contribution is 5.75. The van der Waals surface area contributed by atoms with Crippen molar-refractivity contribution >= 4 is 5.91 Å². The first-order valence-corrected chi connectivity index (χ1v) is 8.70. The minimum absolute atomic E-state index is 0.0908. The molecule has 0 radical (unpaired) electrons. The van der Waals surface area contributed by atoms with Crippen LogP contribution in [-0.2, 0) is 24.5 Å². The molecule has 0 unspecified atom stereocenters. The van der Waals surface area contributed by atoms with Crippen molar-refractivity contribution in [3.63, 3.8) is 0 Å². The van der Waals surface area contributed by atoms with Gasteiger partial charge in [-0.05, 0) is 37.1 Å². The van der Waals surface area contributed by atoms with E-state index >= 15 is 0 Å². The summed E-state index contributed by atoms with van der Waals surface area (Å²) in [6.45, 7) is 4.49. The number of hydrogen-bond donors (Lipinski definition) is 1. The first-order valence-electron chi connectivity index (χ1n) is 8.70. The van der Waals surface area contributed by atoms with E-state index in [1.54, 1.807) is 36.1 Å². The van der Waals surface area contributed by atoms with Crippen molar-refractivity contribution < 1.29 is 13.9 Å². The van der Waals surface area contributed by atoms with Gasteiger partial charge in [-0.25, -0.2) is 0 Å². The molecule has 0 aliphatic heterocycles. The number of pyridine rings is 1. The van der Waals surface area contributed by atoms with E-state index in [-0.39, 0.29) is 23.6 Å². The molecule has 27 heavy (non-hydrogen) atoms. The average molecular weight is 366 g/mol. The lowest BCUT2D eigenvalue weighted by Crippen LogP contribution is -2.28. The largest absolute Gasteiger partial charge is 0.483 e. The Balaban J connectivity index is 1.67. The summed E-state index contributed by atoms with van der Waals surface area (Å²) in [6, 6.07) is 12.9. The van der Waals surface area contributed by atoms with E-state index in [0.717, 1.165) is 11.1 Å². The van der Waals surface area contributed by atoms with Gasteiger partial charge in [0.2, 0.25) is 11.3 Å². The molecule has 0 saturated heterocycles. The maximum Gasteiger partial charge on any atom is 0.240 e. The van der Waals surface area contributed by atoms with E-state index < -0.39 is 0 Å². The number of ether oxygens (including phenoxy) is 1. The Kier molecular flexibility index (Phi) is 5.76. The normalized spacial score (nSPS) is 10.6. The summed E-state index contributed by atoms with van der Waals surface area (Å²) in [5.41, 5.74) is 2.60. The summed E-state index contributed by atoms with van der Waals surface area (Å²) in [7, 11) is 0. The van der Waals surface area contributed by atoms with Gasteiger partial charge in [0.1, 0.15) is 18.9 Å². The van der Waals surface area contributed by atoms with Crippen molar-refractivity contribution in [2.75, 3.05) is 0 Å². The number of aromatic nitrogens is 1. The SMILES string of the molecule is Cc1ccccc1COc1cn(CC(=O)NCc2ccco2)c(C)cc1=O. The molecule has 6 nitrogen and oxygen atoms in total. The molecule has 3 rings (SSSR count). The van der Waals surface area contributed by atoms with Crippen molar-refractivity contribution in [1.82, 2.24) is 9.88 Å². The molecule has 0 spiro atoms. The van der Waals surface area contributed by atoms with Gasteiger partial charge in [0, 0.05) is 11.8 Å². The Morgan fingerprint density at radius 3 is 2.74 bits per heavy atom. The highest BCUT2D eigenvalue weighted by Gasteiger charge is 2.10. The van der Waals surface area contributed by atoms with Gasteiger partial charge in [-0.1, -0.05) is 24.3 Å². The van der Waals surface area contributed by atoms with Crippen LogP contribution in [0.5, 0.6) is 5.75 Å². The van der Waals surface area contributed by atoms with E-state index in [4.69, 9.17) is 9.15 Å². The zero-order valence-corrected chi connectivity index (χ0v) is 15.4. The second-order valence-electron chi connectivity index (χ2n) is 6.34. The van der Waals surface area contributed by atoms with Gasteiger partial charge in [0.25, 0.3) is 0 Å². The van der Waals surface area contributed by atoms with Crippen LogP contribution in [0.15, 0.2) is 64.1 Å². The Morgan fingerprint density at radius 1 is 1.19 bits per heavy atom. The Labute approximate surface area is 157 Å². The van der Waals surface area contributed by atoms with Crippen molar-refractivity contribution in [3.05, 3.63) is 87.7 Å². The van der Waals surface area contributed by atoms with Crippen LogP contribution in [0.4, 0.5) is 0 Å². The molecule has 2 heterocycles. The number of carbonyl (C=O) groups is 1. The van der Waals surface area contributed by atoms with Crippen LogP contribution in [0, 0.1) is 13.8 Å². The number of rotatable bonds is 7. The third kappa shape index (κ3) is 4.88. The smallest absolute Gasteiger partial charge is 0.240 e. The summed E-state index contributed by atoms with van der Waals surface area (Å²) in [5.74, 6) is 0.730. The standard InChI is InChI=1S/C21H22N2O4/c1-15-6-3-4-7-17(15)14-27-20-12-23(16(2)10-19(20)24)13-21(25)22-11-18-8-5-9-26-18/h3-10,12H,11,13-14H2,1-2H3,(H,22,25). The van der Waals surface area contributed by atoms with Crippen LogP contribution in [-0.4, -0.2) is 10.5 Å². The number of aryl methyl sites for hydroxylation is 2. The van der Waals surface area contributed by atoms with Gasteiger partial charge in [0.15, 0.2) is 5.75 Å². The van der Waals surface area contributed by atoms with Crippen LogP contribution < -0.4 is 15.5 Å². The maximum atomic E-state index is 12.2. The predicted molar refractivity (Wildman–Crippen MR) is 102 cm³/mol. The lowest BCUT2D eigenvalue weighted by atomic mass is 10.1. The fraction of sp³-hybridized carbons (Fsp3) is 0.238. The Hall–Kier alpha value is -3.28. The number of amides is 1. The third-order valence-corrected chi connectivity index (χ3v) is 4.31. The quantitative estimate of drug-likeness (QED) is 0.698. The summed E-state index contributed by atoms with van der Waals surface area (Å²) in [4.78, 5) is 24.4. The zero-order chi connectivity index (χ0) is 19.2. The van der Waals surface area contributed by atoms with Crippen LogP contribution in [0.25, 0.3) is 0 Å². The summed E-state index contributed by atoms with van der Waals surface area (Å²) in [5, 5.41) is 2.79. The van der Waals surface area contributed by atoms with Crippen molar-refractivity contribution in [3.8, 4) is 5.75 Å². The number of benzene rings is 1. The van der Waals surface area contributed by atoms with Gasteiger partial charge < -0.3 is 19.0 Å². The van der Waals surface area contributed by atoms with E-state index in [9.17, 15) is 9.59 Å². The first-order chi connectivity index (χ1) is 13.0. The van der Waals surface area contributed by atoms with Crippen LogP contribution >= 0.6 is 0 Å². The average Bonchev–Trinajstić information content (AvgIpc) is 3.16. The second-order valence-corrected chi connectivity index (χ2v) is 6.34. The summed E-state index contributed by atoms with van der Waals surface area (Å²) in [6.07, 6.45) is 3.15. The van der Waals surface area contributed by atoms with Crippen LogP contribution in [0.2, 0.25) is 0 Å². The molecule has 1 aromatic carbocycles. The molecular formula is C21H22N2O4. The van der Waals surface area contributed by atoms with E-state index in [0.29, 0.717) is 24.6 Å². The van der Waals surface area contributed by atoms with E-state index in [1.807, 2.05) is 31.2 Å². The number of nitrogens with zero attached hydrogens (tertiary/aromatic N) is 1. The van der Waals surface area contributed by atoms with E-state index in [2.05, 4.69) is 5.32 Å². The molecule has 0 aliphatic rings. The van der Waals surface area contributed by atoms with Gasteiger partial charge in [-0.2, -0.15) is 0 Å². The summed E-state index contributed by atoms with van der Waals surface area (Å²) < 4.78 is 12.6. The molecule has 0 aliphatic carbocycles. The van der Waals surface area contributed by atoms with Crippen molar-refractivity contribution in [2.24, 2.45) is 0 Å². The predicted octanol–water partition coefficient (Wildman–Crippen LogP) is 2.95. The van der Waals surface area contributed by atoms with Crippen LogP contribution in [0.3, 0.4) is 0 Å². The number of carbonyl (C=O) groups excluding carboxylic acids is 1. The lowest BCUT2D eigenvalue weighted by molar-refractivity contribution is -0.121. The van der Waals surface area contributed by atoms with E-state index in [1.165, 1.54) is 6.07 Å². The highest BCUT2D eigenvalue weighted by Crippen LogP contribution is 2.12. The monoisotopic (exact) mass is 366 g/mol. The first kappa shape index (κ1) is 18.5. The third-order valence-electron chi connectivity index (χ3n) is 4.31. The maximum absolute atomic E-state index is 12.2. The lowest BCUT2D eigenvalue weighted by Gasteiger charge is -2.14. The van der Waals surface area contributed by atoms with Crippen LogP contribution in [0.1, 0.15) is 22.6 Å². The minimum atomic E-state index is -0.201. The number of nitrogens with one attached hydrogen (secondary N) is 1. The molecular weight excluding hydrogens is 344 g/mol. The zero-order valence-electron chi connectivity index (χ0n) is 15.4. The number of hydrogen-bond acceptors (Lipinski definition) is 4. The molecule has 1 amide bonds. The molecule has 140 valence electrons. The molecule has 0 saturated carbocycles. The molecule has 0 bridgehead atoms. The highest BCUT2D eigenvalue weighted by atomic mass is 16.5. The van der Waals surface area contributed by atoms with Gasteiger partial charge in [0.05, 0.1) is 19.0 Å². The molecule has 0 atom stereocenters. The molecule has 0 fully saturated rings. The molecule has 6 heteroatoms. The fourth-order valence-corrected chi connectivity index (χ4v) is 2.67. The van der Waals surface area contributed by atoms with Gasteiger partial charge in [-0.15, -0.1) is 0 Å². The fourth-order valence-electron chi connectivity index (χ4n) is 2.67. The van der Waals surface area contributed by atoms with Crippen molar-refractivity contribution in [1.29, 1.82) is 0 Å². The van der Waals surface area contributed by atoms with Crippen molar-refractivity contribution in [2.45, 2.75) is 33.5 Å². The topological polar surface area (TPSA) is 73.5 Å². The number of furan rings is 1.